The molecule has 1 N–H and O–H groups in total. The van der Waals surface area contributed by atoms with E-state index < -0.39 is 0 Å². The van der Waals surface area contributed by atoms with Gasteiger partial charge in [-0.15, -0.1) is 11.8 Å². The standard InChI is InChI=1S/C19H18N4OS2/c1-2-5-14-9-8-13(12-20)18(21-14)25-11-10-17(24)23-19-22-15-6-3-4-7-16(15)26-19/h3-4,6-9H,2,5,10-11H2,1H3,(H,22,23,24). The number of para-hydroxylation sites is 1. The van der Waals surface area contributed by atoms with E-state index in [9.17, 15) is 10.1 Å². The number of hydrogen-bond acceptors (Lipinski definition) is 6. The number of rotatable bonds is 7. The zero-order valence-electron chi connectivity index (χ0n) is 14.4. The summed E-state index contributed by atoms with van der Waals surface area (Å²) in [5, 5.41) is 13.4. The summed E-state index contributed by atoms with van der Waals surface area (Å²) in [6.07, 6.45) is 2.23. The Morgan fingerprint density at radius 2 is 2.12 bits per heavy atom. The van der Waals surface area contributed by atoms with Gasteiger partial charge in [0.15, 0.2) is 5.13 Å². The first kappa shape index (κ1) is 18.4. The van der Waals surface area contributed by atoms with Crippen molar-refractivity contribution in [3.05, 3.63) is 47.7 Å². The van der Waals surface area contributed by atoms with E-state index in [1.54, 1.807) is 0 Å². The molecule has 0 saturated carbocycles. The molecule has 3 rings (SSSR count). The second-order valence-corrected chi connectivity index (χ2v) is 7.76. The van der Waals surface area contributed by atoms with Crippen LogP contribution in [0.25, 0.3) is 10.2 Å². The van der Waals surface area contributed by atoms with Crippen LogP contribution < -0.4 is 5.32 Å². The van der Waals surface area contributed by atoms with Crippen LogP contribution in [0.1, 0.15) is 31.0 Å². The average molecular weight is 383 g/mol. The number of aromatic nitrogens is 2. The second-order valence-electron chi connectivity index (χ2n) is 5.65. The van der Waals surface area contributed by atoms with E-state index in [0.29, 0.717) is 27.9 Å². The first-order valence-corrected chi connectivity index (χ1v) is 10.2. The maximum atomic E-state index is 12.2. The van der Waals surface area contributed by atoms with Crippen LogP contribution in [-0.2, 0) is 11.2 Å². The highest BCUT2D eigenvalue weighted by Gasteiger charge is 2.10. The molecule has 26 heavy (non-hydrogen) atoms. The van der Waals surface area contributed by atoms with Crippen LogP contribution in [0.15, 0.2) is 41.4 Å². The summed E-state index contributed by atoms with van der Waals surface area (Å²) >= 11 is 2.91. The van der Waals surface area contributed by atoms with Crippen LogP contribution in [0.3, 0.4) is 0 Å². The van der Waals surface area contributed by atoms with Gasteiger partial charge >= 0.3 is 0 Å². The maximum absolute atomic E-state index is 12.2. The van der Waals surface area contributed by atoms with Crippen molar-refractivity contribution in [2.75, 3.05) is 11.1 Å². The van der Waals surface area contributed by atoms with Crippen molar-refractivity contribution in [1.29, 1.82) is 5.26 Å². The first-order valence-electron chi connectivity index (χ1n) is 8.38. The number of fused-ring (bicyclic) bond motifs is 1. The highest BCUT2D eigenvalue weighted by Crippen LogP contribution is 2.26. The summed E-state index contributed by atoms with van der Waals surface area (Å²) in [6.45, 7) is 2.10. The van der Waals surface area contributed by atoms with Gasteiger partial charge in [0.25, 0.3) is 0 Å². The van der Waals surface area contributed by atoms with Gasteiger partial charge in [0, 0.05) is 17.9 Å². The largest absolute Gasteiger partial charge is 0.302 e. The summed E-state index contributed by atoms with van der Waals surface area (Å²) in [5.74, 6) is 0.480. The molecule has 2 heterocycles. The van der Waals surface area contributed by atoms with Crippen LogP contribution in [0.5, 0.6) is 0 Å². The molecule has 3 aromatic rings. The van der Waals surface area contributed by atoms with Gasteiger partial charge in [-0.3, -0.25) is 4.79 Å². The number of amides is 1. The van der Waals surface area contributed by atoms with Gasteiger partial charge in [-0.05, 0) is 30.7 Å². The molecule has 0 aliphatic heterocycles. The van der Waals surface area contributed by atoms with E-state index >= 15 is 0 Å². The van der Waals surface area contributed by atoms with Gasteiger partial charge in [0.05, 0.1) is 15.8 Å². The monoisotopic (exact) mass is 382 g/mol. The van der Waals surface area contributed by atoms with Gasteiger partial charge in [0.1, 0.15) is 11.1 Å². The van der Waals surface area contributed by atoms with E-state index in [4.69, 9.17) is 0 Å². The average Bonchev–Trinajstić information content (AvgIpc) is 3.04. The number of anilines is 1. The molecule has 0 bridgehead atoms. The number of nitrogens with one attached hydrogen (secondary N) is 1. The molecule has 2 aromatic heterocycles. The normalized spacial score (nSPS) is 10.6. The Balaban J connectivity index is 1.56. The third kappa shape index (κ3) is 4.59. The number of thioether (sulfide) groups is 1. The Bertz CT molecular complexity index is 929. The number of hydrogen-bond donors (Lipinski definition) is 1. The lowest BCUT2D eigenvalue weighted by Gasteiger charge is -2.06. The van der Waals surface area contributed by atoms with Gasteiger partial charge in [-0.25, -0.2) is 9.97 Å². The summed E-state index contributed by atoms with van der Waals surface area (Å²) in [7, 11) is 0. The molecule has 7 heteroatoms. The van der Waals surface area contributed by atoms with Crippen LogP contribution >= 0.6 is 23.1 Å². The summed E-state index contributed by atoms with van der Waals surface area (Å²) in [5.41, 5.74) is 2.42. The molecule has 0 aliphatic rings. The van der Waals surface area contributed by atoms with Crippen LogP contribution in [0.4, 0.5) is 5.13 Å². The SMILES string of the molecule is CCCc1ccc(C#N)c(SCCC(=O)Nc2nc3ccccc3s2)n1. The second kappa shape index (κ2) is 8.79. The van der Waals surface area contributed by atoms with Crippen molar-refractivity contribution < 1.29 is 4.79 Å². The minimum absolute atomic E-state index is 0.0835. The van der Waals surface area contributed by atoms with Crippen molar-refractivity contribution in [2.24, 2.45) is 0 Å². The number of nitriles is 1. The Labute approximate surface area is 160 Å². The fraction of sp³-hybridized carbons (Fsp3) is 0.263. The molecule has 0 saturated heterocycles. The fourth-order valence-electron chi connectivity index (χ4n) is 2.42. The molecule has 132 valence electrons. The first-order chi connectivity index (χ1) is 12.7. The minimum atomic E-state index is -0.0835. The lowest BCUT2D eigenvalue weighted by atomic mass is 10.2. The van der Waals surface area contributed by atoms with Crippen LogP contribution in [0.2, 0.25) is 0 Å². The van der Waals surface area contributed by atoms with E-state index in [1.165, 1.54) is 23.1 Å². The predicted molar refractivity (Wildman–Crippen MR) is 107 cm³/mol. The minimum Gasteiger partial charge on any atom is -0.302 e. The predicted octanol–water partition coefficient (Wildman–Crippen LogP) is 4.64. The number of carbonyl (C=O) groups is 1. The van der Waals surface area contributed by atoms with Gasteiger partial charge in [-0.2, -0.15) is 5.26 Å². The lowest BCUT2D eigenvalue weighted by molar-refractivity contribution is -0.115. The van der Waals surface area contributed by atoms with Crippen molar-refractivity contribution in [1.82, 2.24) is 9.97 Å². The van der Waals surface area contributed by atoms with E-state index in [2.05, 4.69) is 28.3 Å². The van der Waals surface area contributed by atoms with E-state index in [-0.39, 0.29) is 5.91 Å². The number of pyridine rings is 1. The summed E-state index contributed by atoms with van der Waals surface area (Å²) in [4.78, 5) is 21.1. The molecule has 1 amide bonds. The summed E-state index contributed by atoms with van der Waals surface area (Å²) < 4.78 is 1.05. The van der Waals surface area contributed by atoms with Crippen LogP contribution in [-0.4, -0.2) is 21.6 Å². The van der Waals surface area contributed by atoms with Crippen LogP contribution in [0, 0.1) is 11.3 Å². The summed E-state index contributed by atoms with van der Waals surface area (Å²) in [6, 6.07) is 13.7. The molecule has 0 spiro atoms. The molecule has 1 aromatic carbocycles. The Kier molecular flexibility index (Phi) is 6.21. The molecule has 0 fully saturated rings. The van der Waals surface area contributed by atoms with Crippen molar-refractivity contribution >= 4 is 44.4 Å². The Morgan fingerprint density at radius 3 is 2.88 bits per heavy atom. The molecule has 5 nitrogen and oxygen atoms in total. The number of carbonyl (C=O) groups excluding carboxylic acids is 1. The smallest absolute Gasteiger partial charge is 0.226 e. The number of thiazole rings is 1. The highest BCUT2D eigenvalue weighted by molar-refractivity contribution is 7.99. The Morgan fingerprint density at radius 1 is 1.27 bits per heavy atom. The van der Waals surface area contributed by atoms with Crippen molar-refractivity contribution in [3.63, 3.8) is 0 Å². The molecule has 0 unspecified atom stereocenters. The molecule has 0 radical (unpaired) electrons. The van der Waals surface area contributed by atoms with E-state index in [0.717, 1.165) is 28.8 Å². The highest BCUT2D eigenvalue weighted by atomic mass is 32.2. The van der Waals surface area contributed by atoms with E-state index in [1.807, 2.05) is 36.4 Å². The number of benzene rings is 1. The Hall–Kier alpha value is -2.43. The molecule has 0 aliphatic carbocycles. The lowest BCUT2D eigenvalue weighted by Crippen LogP contribution is -2.12. The zero-order chi connectivity index (χ0) is 18.4. The number of nitrogens with zero attached hydrogens (tertiary/aromatic N) is 3. The van der Waals surface area contributed by atoms with Crippen molar-refractivity contribution in [3.8, 4) is 6.07 Å². The fourth-order valence-corrected chi connectivity index (χ4v) is 4.23. The van der Waals surface area contributed by atoms with Crippen molar-refractivity contribution in [2.45, 2.75) is 31.2 Å². The maximum Gasteiger partial charge on any atom is 0.226 e. The van der Waals surface area contributed by atoms with Gasteiger partial charge in [-0.1, -0.05) is 36.8 Å². The quantitative estimate of drug-likeness (QED) is 0.602. The number of aryl methyl sites for hydroxylation is 1. The molecule has 0 atom stereocenters. The topological polar surface area (TPSA) is 78.7 Å². The molecular weight excluding hydrogens is 364 g/mol. The van der Waals surface area contributed by atoms with Gasteiger partial charge < -0.3 is 5.32 Å². The third-order valence-corrected chi connectivity index (χ3v) is 5.60. The third-order valence-electron chi connectivity index (χ3n) is 3.65. The van der Waals surface area contributed by atoms with Gasteiger partial charge in [0.2, 0.25) is 5.91 Å². The zero-order valence-corrected chi connectivity index (χ0v) is 16.0. The molecular formula is C19H18N4OS2.